The number of thioether (sulfide) groups is 1. The minimum absolute atomic E-state index is 0.0611. The standard InChI is InChI=1S/C10H16N4OS/c11-5-9-7-16-8-14(9)10(15)6-13-4-2-1-3-12-13/h9,12H,1-4,6-8H2. The highest BCUT2D eigenvalue weighted by molar-refractivity contribution is 7.99. The normalized spacial score (nSPS) is 26.7. The van der Waals surface area contributed by atoms with Crippen LogP contribution in [0.15, 0.2) is 0 Å². The van der Waals surface area contributed by atoms with Crippen molar-refractivity contribution in [3.63, 3.8) is 0 Å². The number of hydrazine groups is 1. The zero-order chi connectivity index (χ0) is 11.4. The Balaban J connectivity index is 1.85. The third-order valence-corrected chi connectivity index (χ3v) is 3.88. The Labute approximate surface area is 99.7 Å². The lowest BCUT2D eigenvalue weighted by atomic mass is 10.2. The summed E-state index contributed by atoms with van der Waals surface area (Å²) in [4.78, 5) is 13.6. The number of hydrogen-bond donors (Lipinski definition) is 1. The van der Waals surface area contributed by atoms with Gasteiger partial charge in [-0.15, -0.1) is 11.8 Å². The fourth-order valence-corrected chi connectivity index (χ4v) is 3.03. The van der Waals surface area contributed by atoms with Crippen LogP contribution >= 0.6 is 11.8 Å². The molecule has 0 radical (unpaired) electrons. The predicted molar refractivity (Wildman–Crippen MR) is 62.4 cm³/mol. The number of nitrogens with zero attached hydrogens (tertiary/aromatic N) is 3. The minimum Gasteiger partial charge on any atom is -0.315 e. The maximum Gasteiger partial charge on any atom is 0.239 e. The first-order valence-electron chi connectivity index (χ1n) is 5.56. The van der Waals surface area contributed by atoms with Crippen LogP contribution in [0.5, 0.6) is 0 Å². The van der Waals surface area contributed by atoms with E-state index in [1.807, 2.05) is 5.01 Å². The van der Waals surface area contributed by atoms with Crippen molar-refractivity contribution in [3.05, 3.63) is 0 Å². The van der Waals surface area contributed by atoms with Crippen molar-refractivity contribution >= 4 is 17.7 Å². The van der Waals surface area contributed by atoms with Gasteiger partial charge in [-0.25, -0.2) is 5.01 Å². The molecule has 2 aliphatic rings. The Hall–Kier alpha value is -0.770. The van der Waals surface area contributed by atoms with Crippen LogP contribution in [0.25, 0.3) is 0 Å². The molecule has 1 amide bonds. The molecule has 0 bridgehead atoms. The Morgan fingerprint density at radius 3 is 3.12 bits per heavy atom. The van der Waals surface area contributed by atoms with Crippen molar-refractivity contribution in [2.24, 2.45) is 0 Å². The molecule has 1 unspecified atom stereocenters. The first-order valence-corrected chi connectivity index (χ1v) is 6.72. The van der Waals surface area contributed by atoms with E-state index in [4.69, 9.17) is 5.26 Å². The van der Waals surface area contributed by atoms with Gasteiger partial charge in [0.2, 0.25) is 5.91 Å². The smallest absolute Gasteiger partial charge is 0.239 e. The molecular formula is C10H16N4OS. The number of nitriles is 1. The highest BCUT2D eigenvalue weighted by Gasteiger charge is 2.30. The number of rotatable bonds is 2. The molecule has 1 N–H and O–H groups in total. The van der Waals surface area contributed by atoms with Crippen LogP contribution in [0, 0.1) is 11.3 Å². The van der Waals surface area contributed by atoms with Crippen molar-refractivity contribution in [1.82, 2.24) is 15.3 Å². The molecule has 0 spiro atoms. The van der Waals surface area contributed by atoms with E-state index < -0.39 is 0 Å². The first-order chi connectivity index (χ1) is 7.81. The third-order valence-electron chi connectivity index (χ3n) is 2.87. The van der Waals surface area contributed by atoms with Crippen molar-refractivity contribution in [1.29, 1.82) is 5.26 Å². The average Bonchev–Trinajstić information content (AvgIpc) is 2.78. The molecule has 6 heteroatoms. The molecule has 0 aliphatic carbocycles. The molecule has 2 rings (SSSR count). The van der Waals surface area contributed by atoms with Crippen molar-refractivity contribution < 1.29 is 4.79 Å². The van der Waals surface area contributed by atoms with Crippen LogP contribution in [0.4, 0.5) is 0 Å². The molecule has 1 atom stereocenters. The van der Waals surface area contributed by atoms with Gasteiger partial charge in [0.25, 0.3) is 0 Å². The molecule has 2 heterocycles. The van der Waals surface area contributed by atoms with Crippen LogP contribution < -0.4 is 5.43 Å². The Kier molecular flexibility index (Phi) is 4.04. The first kappa shape index (κ1) is 11.7. The van der Waals surface area contributed by atoms with E-state index in [1.54, 1.807) is 16.7 Å². The zero-order valence-corrected chi connectivity index (χ0v) is 10.0. The molecule has 0 aromatic rings. The van der Waals surface area contributed by atoms with E-state index in [0.29, 0.717) is 12.4 Å². The van der Waals surface area contributed by atoms with Crippen molar-refractivity contribution in [2.45, 2.75) is 18.9 Å². The van der Waals surface area contributed by atoms with Gasteiger partial charge < -0.3 is 4.90 Å². The molecule has 0 aromatic heterocycles. The Morgan fingerprint density at radius 2 is 2.44 bits per heavy atom. The van der Waals surface area contributed by atoms with Gasteiger partial charge in [0, 0.05) is 18.8 Å². The van der Waals surface area contributed by atoms with Crippen LogP contribution in [0.2, 0.25) is 0 Å². The molecule has 0 aromatic carbocycles. The van der Waals surface area contributed by atoms with E-state index in [1.165, 1.54) is 6.42 Å². The summed E-state index contributed by atoms with van der Waals surface area (Å²) < 4.78 is 0. The summed E-state index contributed by atoms with van der Waals surface area (Å²) >= 11 is 1.65. The number of carbonyl (C=O) groups is 1. The maximum absolute atomic E-state index is 12.0. The minimum atomic E-state index is -0.234. The highest BCUT2D eigenvalue weighted by Crippen LogP contribution is 2.20. The summed E-state index contributed by atoms with van der Waals surface area (Å²) in [5.74, 6) is 1.46. The third kappa shape index (κ3) is 2.67. The summed E-state index contributed by atoms with van der Waals surface area (Å²) in [7, 11) is 0. The van der Waals surface area contributed by atoms with Gasteiger partial charge in [0.05, 0.1) is 18.5 Å². The summed E-state index contributed by atoms with van der Waals surface area (Å²) in [5, 5.41) is 10.9. The topological polar surface area (TPSA) is 59.4 Å². The average molecular weight is 240 g/mol. The molecular weight excluding hydrogens is 224 g/mol. The van der Waals surface area contributed by atoms with Crippen LogP contribution in [-0.4, -0.2) is 53.1 Å². The second kappa shape index (κ2) is 5.53. The summed E-state index contributed by atoms with van der Waals surface area (Å²) in [5.41, 5.74) is 3.20. The zero-order valence-electron chi connectivity index (χ0n) is 9.19. The van der Waals surface area contributed by atoms with E-state index in [2.05, 4.69) is 11.5 Å². The predicted octanol–water partition coefficient (Wildman–Crippen LogP) is 0.0119. The quantitative estimate of drug-likeness (QED) is 0.737. The van der Waals surface area contributed by atoms with Crippen LogP contribution in [0.3, 0.4) is 0 Å². The number of amides is 1. The number of hydrogen-bond acceptors (Lipinski definition) is 5. The molecule has 88 valence electrons. The molecule has 2 aliphatic heterocycles. The molecule has 2 fully saturated rings. The van der Waals surface area contributed by atoms with Gasteiger partial charge >= 0.3 is 0 Å². The van der Waals surface area contributed by atoms with Gasteiger partial charge in [-0.2, -0.15) is 5.26 Å². The molecule has 2 saturated heterocycles. The van der Waals surface area contributed by atoms with Crippen molar-refractivity contribution in [2.75, 3.05) is 31.3 Å². The summed E-state index contributed by atoms with van der Waals surface area (Å²) in [6.07, 6.45) is 2.31. The van der Waals surface area contributed by atoms with E-state index >= 15 is 0 Å². The maximum atomic E-state index is 12.0. The molecule has 0 saturated carbocycles. The summed E-state index contributed by atoms with van der Waals surface area (Å²) in [6, 6.07) is 1.94. The molecule has 16 heavy (non-hydrogen) atoms. The van der Waals surface area contributed by atoms with E-state index in [-0.39, 0.29) is 11.9 Å². The number of carbonyl (C=O) groups excluding carboxylic acids is 1. The van der Waals surface area contributed by atoms with Crippen LogP contribution in [-0.2, 0) is 4.79 Å². The monoisotopic (exact) mass is 240 g/mol. The van der Waals surface area contributed by atoms with Gasteiger partial charge in [0.15, 0.2) is 0 Å². The van der Waals surface area contributed by atoms with E-state index in [9.17, 15) is 4.79 Å². The van der Waals surface area contributed by atoms with Gasteiger partial charge in [-0.1, -0.05) is 0 Å². The SMILES string of the molecule is N#CC1CSCN1C(=O)CN1CCCCN1. The van der Waals surface area contributed by atoms with E-state index in [0.717, 1.165) is 25.3 Å². The van der Waals surface area contributed by atoms with Gasteiger partial charge in [0.1, 0.15) is 6.04 Å². The highest BCUT2D eigenvalue weighted by atomic mass is 32.2. The Bertz CT molecular complexity index is 298. The lowest BCUT2D eigenvalue weighted by molar-refractivity contribution is -0.133. The second-order valence-electron chi connectivity index (χ2n) is 4.05. The second-order valence-corrected chi connectivity index (χ2v) is 5.04. The van der Waals surface area contributed by atoms with Gasteiger partial charge in [-0.3, -0.25) is 10.2 Å². The summed E-state index contributed by atoms with van der Waals surface area (Å²) in [6.45, 7) is 2.26. The fraction of sp³-hybridized carbons (Fsp3) is 0.800. The van der Waals surface area contributed by atoms with Crippen molar-refractivity contribution in [3.8, 4) is 6.07 Å². The number of nitrogens with one attached hydrogen (secondary N) is 1. The van der Waals surface area contributed by atoms with Gasteiger partial charge in [-0.05, 0) is 12.8 Å². The molecule has 5 nitrogen and oxygen atoms in total. The van der Waals surface area contributed by atoms with Crippen LogP contribution in [0.1, 0.15) is 12.8 Å². The lowest BCUT2D eigenvalue weighted by Crippen LogP contribution is -2.50. The Morgan fingerprint density at radius 1 is 1.56 bits per heavy atom. The largest absolute Gasteiger partial charge is 0.315 e. The fourth-order valence-electron chi connectivity index (χ4n) is 1.93. The lowest BCUT2D eigenvalue weighted by Gasteiger charge is -2.29.